The lowest BCUT2D eigenvalue weighted by molar-refractivity contribution is -0.120. The molecule has 4 fully saturated rings. The second kappa shape index (κ2) is 25.6. The fourth-order valence-electron chi connectivity index (χ4n) is 7.09. The highest BCUT2D eigenvalue weighted by atomic mass is 32.2. The minimum absolute atomic E-state index is 0.0926. The summed E-state index contributed by atoms with van der Waals surface area (Å²) in [5.41, 5.74) is -1.36. The summed E-state index contributed by atoms with van der Waals surface area (Å²) < 4.78 is 82.2. The second-order valence-electron chi connectivity index (χ2n) is 18.9. The molecule has 0 aromatic rings. The first-order chi connectivity index (χ1) is 27.5. The van der Waals surface area contributed by atoms with Crippen LogP contribution in [-0.4, -0.2) is 118 Å². The number of halogens is 2. The maximum absolute atomic E-state index is 12.9. The van der Waals surface area contributed by atoms with Gasteiger partial charge in [-0.25, -0.2) is 18.4 Å². The van der Waals surface area contributed by atoms with E-state index in [-0.39, 0.29) is 50.6 Å². The highest BCUT2D eigenvalue weighted by Crippen LogP contribution is 2.29. The Balaban J connectivity index is 0.000000310. The molecule has 0 spiro atoms. The van der Waals surface area contributed by atoms with Crippen molar-refractivity contribution in [1.29, 1.82) is 0 Å². The third kappa shape index (κ3) is 22.4. The van der Waals surface area contributed by atoms with Gasteiger partial charge >= 0.3 is 22.5 Å². The molecule has 3 atom stereocenters. The molecule has 0 aromatic heterocycles. The van der Waals surface area contributed by atoms with Crippen LogP contribution in [-0.2, 0) is 43.0 Å². The number of rotatable bonds is 13. The molecule has 3 aliphatic carbocycles. The van der Waals surface area contributed by atoms with E-state index in [1.165, 1.54) is 19.8 Å². The maximum Gasteiger partial charge on any atom is 0.426 e. The van der Waals surface area contributed by atoms with Crippen LogP contribution in [0, 0.1) is 17.8 Å². The van der Waals surface area contributed by atoms with E-state index < -0.39 is 65.2 Å². The largest absolute Gasteiger partial charge is 0.444 e. The van der Waals surface area contributed by atoms with Crippen molar-refractivity contribution >= 4 is 28.4 Å². The van der Waals surface area contributed by atoms with E-state index >= 15 is 0 Å². The van der Waals surface area contributed by atoms with Crippen LogP contribution in [0.3, 0.4) is 0 Å². The smallest absolute Gasteiger partial charge is 0.426 e. The van der Waals surface area contributed by atoms with Crippen LogP contribution < -0.4 is 10.6 Å². The molecule has 0 radical (unpaired) electrons. The van der Waals surface area contributed by atoms with Gasteiger partial charge in [-0.15, -0.1) is 0 Å². The number of carbonyl (C=O) groups is 3. The molecule has 1 saturated heterocycles. The van der Waals surface area contributed by atoms with Gasteiger partial charge in [-0.2, -0.15) is 12.7 Å². The molecule has 0 unspecified atom stereocenters. The molecule has 0 bridgehead atoms. The highest BCUT2D eigenvalue weighted by Gasteiger charge is 2.45. The number of amides is 3. The Labute approximate surface area is 353 Å². The predicted molar refractivity (Wildman–Crippen MR) is 222 cm³/mol. The van der Waals surface area contributed by atoms with Crippen molar-refractivity contribution in [2.75, 3.05) is 39.8 Å². The molecule has 0 aromatic carbocycles. The van der Waals surface area contributed by atoms with Crippen LogP contribution in [0.4, 0.5) is 18.4 Å². The minimum Gasteiger partial charge on any atom is -0.444 e. The van der Waals surface area contributed by atoms with E-state index in [0.717, 1.165) is 76.0 Å². The first-order valence-electron chi connectivity index (χ1n) is 21.6. The fraction of sp³-hybridized carbons (Fsp3) is 0.929. The van der Waals surface area contributed by atoms with Crippen molar-refractivity contribution in [2.45, 2.75) is 194 Å². The van der Waals surface area contributed by atoms with E-state index in [1.807, 2.05) is 0 Å². The zero-order valence-electron chi connectivity index (χ0n) is 37.5. The zero-order chi connectivity index (χ0) is 44.4. The van der Waals surface area contributed by atoms with Gasteiger partial charge in [0.05, 0.1) is 56.8 Å². The van der Waals surface area contributed by atoms with Gasteiger partial charge in [-0.05, 0) is 136 Å². The minimum atomic E-state index is -4.09. The first kappa shape index (κ1) is 52.8. The van der Waals surface area contributed by atoms with Gasteiger partial charge in [-0.1, -0.05) is 20.8 Å². The maximum atomic E-state index is 12.9. The standard InChI is InChI=1S/C15H28FNO3.C15H27NO6S.C12H22FNO2/c1-11-5-7-13(8-6-11)19-10-12(9-16)17-14(18)20-15(2,3)4;1-11-5-7-13(8-6-11)20-9-12-10-21-23(18,19)16(12)14(17)22-15(2,3)4;1-9-3-5-12(6-4-9)16-8-11(7-13)14-10(2)15/h11-13H,5-10H2,1-4H3,(H,17,18);11-13H,5-10H2,1-4H3;9,11-12H,3-8H2,1-2H3,(H,14,15)/t2*11?,12-,13?;9?,11-,12?/m010/s1. The van der Waals surface area contributed by atoms with E-state index in [4.69, 9.17) is 27.9 Å². The lowest BCUT2D eigenvalue weighted by Crippen LogP contribution is -2.45. The van der Waals surface area contributed by atoms with E-state index in [0.29, 0.717) is 10.2 Å². The zero-order valence-corrected chi connectivity index (χ0v) is 38.3. The number of ether oxygens (including phenoxy) is 5. The summed E-state index contributed by atoms with van der Waals surface area (Å²) in [6, 6.07) is -1.80. The van der Waals surface area contributed by atoms with Crippen molar-refractivity contribution in [3.8, 4) is 0 Å². The number of nitrogens with zero attached hydrogens (tertiary/aromatic N) is 1. The summed E-state index contributed by atoms with van der Waals surface area (Å²) >= 11 is 0. The Bertz CT molecular complexity index is 1340. The van der Waals surface area contributed by atoms with Gasteiger partial charge in [0, 0.05) is 6.92 Å². The fourth-order valence-corrected chi connectivity index (χ4v) is 8.24. The third-order valence-corrected chi connectivity index (χ3v) is 11.9. The van der Waals surface area contributed by atoms with Crippen LogP contribution in [0.2, 0.25) is 0 Å². The molecular formula is C42H77F2N3O11S. The summed E-state index contributed by atoms with van der Waals surface area (Å²) in [7, 11) is -4.09. The average molecular weight is 870 g/mol. The molecule has 4 aliphatic rings. The molecule has 3 amide bonds. The van der Waals surface area contributed by atoms with Crippen LogP contribution in [0.5, 0.6) is 0 Å². The number of carbonyl (C=O) groups excluding carboxylic acids is 3. The number of hydrogen-bond acceptors (Lipinski definition) is 11. The Hall–Kier alpha value is -2.34. The summed E-state index contributed by atoms with van der Waals surface area (Å²) in [6.07, 6.45) is 12.0. The van der Waals surface area contributed by atoms with Gasteiger partial charge in [-0.3, -0.25) is 8.98 Å². The summed E-state index contributed by atoms with van der Waals surface area (Å²) in [5.74, 6) is 2.05. The van der Waals surface area contributed by atoms with Crippen LogP contribution in [0.25, 0.3) is 0 Å². The number of alkyl halides is 2. The van der Waals surface area contributed by atoms with Crippen LogP contribution in [0.15, 0.2) is 0 Å². The van der Waals surface area contributed by atoms with Gasteiger partial charge in [0.15, 0.2) is 0 Å². The predicted octanol–water partition coefficient (Wildman–Crippen LogP) is 7.96. The SMILES string of the molecule is CC(=O)N[C@@H](CF)COC1CCC(C)CC1.CC1CCC(OC[C@@H]2COS(=O)(=O)N2C(=O)OC(C)(C)C)CC1.CC1CCC(OC[C@H](CF)NC(=O)OC(C)(C)C)CC1. The second-order valence-corrected chi connectivity index (χ2v) is 20.4. The third-order valence-electron chi connectivity index (χ3n) is 10.5. The van der Waals surface area contributed by atoms with Crippen molar-refractivity contribution < 1.29 is 59.4 Å². The van der Waals surface area contributed by atoms with Crippen LogP contribution >= 0.6 is 0 Å². The number of nitrogens with one attached hydrogen (secondary N) is 2. The Morgan fingerprint density at radius 1 is 0.661 bits per heavy atom. The molecule has 59 heavy (non-hydrogen) atoms. The van der Waals surface area contributed by atoms with Crippen molar-refractivity contribution in [3.05, 3.63) is 0 Å². The lowest BCUT2D eigenvalue weighted by atomic mass is 9.89. The lowest BCUT2D eigenvalue weighted by Gasteiger charge is -2.29. The normalized spacial score (nSPS) is 28.1. The molecule has 346 valence electrons. The summed E-state index contributed by atoms with van der Waals surface area (Å²) in [5, 5.41) is 5.05. The van der Waals surface area contributed by atoms with Gasteiger partial charge in [0.1, 0.15) is 30.6 Å². The average Bonchev–Trinajstić information content (AvgIpc) is 3.45. The first-order valence-corrected chi connectivity index (χ1v) is 23.0. The number of hydrogen-bond donors (Lipinski definition) is 2. The molecule has 1 heterocycles. The van der Waals surface area contributed by atoms with Gasteiger partial charge in [0.25, 0.3) is 0 Å². The van der Waals surface area contributed by atoms with Crippen molar-refractivity contribution in [1.82, 2.24) is 14.9 Å². The van der Waals surface area contributed by atoms with E-state index in [2.05, 4.69) is 31.4 Å². The number of alkyl carbamates (subject to hydrolysis) is 1. The van der Waals surface area contributed by atoms with Gasteiger partial charge in [0.2, 0.25) is 5.91 Å². The Morgan fingerprint density at radius 3 is 1.42 bits per heavy atom. The van der Waals surface area contributed by atoms with Crippen molar-refractivity contribution in [2.24, 2.45) is 17.8 Å². The highest BCUT2D eigenvalue weighted by molar-refractivity contribution is 7.85. The summed E-state index contributed by atoms with van der Waals surface area (Å²) in [4.78, 5) is 34.5. The summed E-state index contributed by atoms with van der Waals surface area (Å²) in [6.45, 7) is 17.8. The molecule has 17 heteroatoms. The molecular weight excluding hydrogens is 793 g/mol. The Kier molecular flexibility index (Phi) is 22.9. The molecule has 4 rings (SSSR count). The molecule has 2 N–H and O–H groups in total. The quantitative estimate of drug-likeness (QED) is 0.184. The van der Waals surface area contributed by atoms with Gasteiger partial charge < -0.3 is 34.3 Å². The van der Waals surface area contributed by atoms with Crippen LogP contribution in [0.1, 0.15) is 146 Å². The topological polar surface area (TPSA) is 168 Å². The molecule has 14 nitrogen and oxygen atoms in total. The molecule has 1 aliphatic heterocycles. The van der Waals surface area contributed by atoms with Crippen molar-refractivity contribution in [3.63, 3.8) is 0 Å². The monoisotopic (exact) mass is 870 g/mol. The molecule has 3 saturated carbocycles. The van der Waals surface area contributed by atoms with E-state index in [1.54, 1.807) is 41.5 Å². The Morgan fingerprint density at radius 2 is 1.05 bits per heavy atom. The van der Waals surface area contributed by atoms with E-state index in [9.17, 15) is 31.6 Å².